The number of hydrogen-bond acceptors (Lipinski definition) is 3. The van der Waals surface area contributed by atoms with Gasteiger partial charge < -0.3 is 10.5 Å². The summed E-state index contributed by atoms with van der Waals surface area (Å²) in [5.41, 5.74) is 6.12. The van der Waals surface area contributed by atoms with Crippen LogP contribution in [0.5, 0.6) is 0 Å². The molecule has 2 rings (SSSR count). The number of halogens is 1. The minimum atomic E-state index is 0.102. The van der Waals surface area contributed by atoms with Crippen LogP contribution in [0.25, 0.3) is 0 Å². The summed E-state index contributed by atoms with van der Waals surface area (Å²) >= 11 is 7.48. The molecule has 0 saturated carbocycles. The van der Waals surface area contributed by atoms with Gasteiger partial charge in [0.25, 0.3) is 0 Å². The summed E-state index contributed by atoms with van der Waals surface area (Å²) in [7, 11) is 0. The van der Waals surface area contributed by atoms with Crippen LogP contribution in [0.1, 0.15) is 24.6 Å². The van der Waals surface area contributed by atoms with Gasteiger partial charge in [-0.3, -0.25) is 0 Å². The van der Waals surface area contributed by atoms with Crippen LogP contribution in [0.2, 0.25) is 4.34 Å². The van der Waals surface area contributed by atoms with E-state index < -0.39 is 0 Å². The van der Waals surface area contributed by atoms with Crippen molar-refractivity contribution in [2.24, 2.45) is 5.73 Å². The van der Waals surface area contributed by atoms with E-state index in [1.54, 1.807) is 11.3 Å². The quantitative estimate of drug-likeness (QED) is 0.889. The second-order valence-corrected chi connectivity index (χ2v) is 5.94. The van der Waals surface area contributed by atoms with Crippen molar-refractivity contribution in [2.45, 2.75) is 44.4 Å². The van der Waals surface area contributed by atoms with Crippen LogP contribution in [0.4, 0.5) is 0 Å². The molecule has 2 nitrogen and oxygen atoms in total. The Hall–Kier alpha value is -0.0900. The smallest absolute Gasteiger partial charge is 0.0931 e. The first-order valence-electron chi connectivity index (χ1n) is 5.30. The van der Waals surface area contributed by atoms with Crippen LogP contribution < -0.4 is 5.73 Å². The maximum Gasteiger partial charge on any atom is 0.0931 e. The van der Waals surface area contributed by atoms with Crippen molar-refractivity contribution in [2.75, 3.05) is 0 Å². The van der Waals surface area contributed by atoms with Gasteiger partial charge in [-0.1, -0.05) is 11.6 Å². The molecule has 2 N–H and O–H groups in total. The zero-order valence-electron chi connectivity index (χ0n) is 8.78. The highest BCUT2D eigenvalue weighted by Crippen LogP contribution is 2.26. The second-order valence-electron chi connectivity index (χ2n) is 4.14. The second kappa shape index (κ2) is 4.83. The fourth-order valence-electron chi connectivity index (χ4n) is 1.97. The highest BCUT2D eigenvalue weighted by Gasteiger charge is 2.27. The van der Waals surface area contributed by atoms with Crippen molar-refractivity contribution in [3.05, 3.63) is 21.3 Å². The molecule has 15 heavy (non-hydrogen) atoms. The third-order valence-electron chi connectivity index (χ3n) is 2.81. The van der Waals surface area contributed by atoms with Gasteiger partial charge in [-0.2, -0.15) is 0 Å². The van der Waals surface area contributed by atoms with Gasteiger partial charge in [-0.25, -0.2) is 0 Å². The molecule has 1 aliphatic heterocycles. The molecule has 1 saturated heterocycles. The molecule has 1 fully saturated rings. The van der Waals surface area contributed by atoms with E-state index in [1.807, 2.05) is 12.1 Å². The lowest BCUT2D eigenvalue weighted by atomic mass is 10.0. The van der Waals surface area contributed by atoms with E-state index in [-0.39, 0.29) is 12.1 Å². The van der Waals surface area contributed by atoms with E-state index in [9.17, 15) is 0 Å². The largest absolute Gasteiger partial charge is 0.374 e. The number of nitrogens with two attached hydrogens (primary N) is 1. The first-order valence-corrected chi connectivity index (χ1v) is 6.50. The summed E-state index contributed by atoms with van der Waals surface area (Å²) in [6, 6.07) is 4.07. The Balaban J connectivity index is 1.89. The molecule has 1 aliphatic rings. The van der Waals surface area contributed by atoms with Crippen molar-refractivity contribution >= 4 is 22.9 Å². The molecule has 1 aromatic heterocycles. The molecule has 3 unspecified atom stereocenters. The van der Waals surface area contributed by atoms with Crippen LogP contribution in [0, 0.1) is 0 Å². The SMILES string of the molecule is CC1CCC(C(N)Cc2ccc(Cl)s2)O1. The molecule has 0 aliphatic carbocycles. The summed E-state index contributed by atoms with van der Waals surface area (Å²) in [6.45, 7) is 2.11. The molecule has 0 spiro atoms. The molecule has 0 bridgehead atoms. The molecule has 4 heteroatoms. The third kappa shape index (κ3) is 2.94. The van der Waals surface area contributed by atoms with Crippen molar-refractivity contribution < 1.29 is 4.74 Å². The van der Waals surface area contributed by atoms with E-state index >= 15 is 0 Å². The first-order chi connectivity index (χ1) is 7.15. The van der Waals surface area contributed by atoms with Gasteiger partial charge >= 0.3 is 0 Å². The number of hydrogen-bond donors (Lipinski definition) is 1. The minimum absolute atomic E-state index is 0.102. The van der Waals surface area contributed by atoms with Crippen LogP contribution in [-0.2, 0) is 11.2 Å². The Morgan fingerprint density at radius 3 is 2.93 bits per heavy atom. The monoisotopic (exact) mass is 245 g/mol. The maximum absolute atomic E-state index is 6.12. The van der Waals surface area contributed by atoms with E-state index in [0.717, 1.165) is 23.6 Å². The van der Waals surface area contributed by atoms with E-state index in [1.165, 1.54) is 4.88 Å². The predicted molar refractivity (Wildman–Crippen MR) is 64.6 cm³/mol. The van der Waals surface area contributed by atoms with E-state index in [2.05, 4.69) is 6.92 Å². The van der Waals surface area contributed by atoms with Crippen molar-refractivity contribution in [3.63, 3.8) is 0 Å². The Morgan fingerprint density at radius 2 is 2.40 bits per heavy atom. The lowest BCUT2D eigenvalue weighted by molar-refractivity contribution is 0.0406. The molecular weight excluding hydrogens is 230 g/mol. The fourth-order valence-corrected chi connectivity index (χ4v) is 3.13. The zero-order chi connectivity index (χ0) is 10.8. The molecular formula is C11H16ClNOS. The molecule has 0 amide bonds. The molecule has 84 valence electrons. The molecule has 3 atom stereocenters. The molecule has 2 heterocycles. The normalized spacial score (nSPS) is 28.2. The standard InChI is InChI=1S/C11H16ClNOS/c1-7-2-4-10(14-7)9(13)6-8-3-5-11(12)15-8/h3,5,7,9-10H,2,4,6,13H2,1H3. The van der Waals surface area contributed by atoms with Gasteiger partial charge in [-0.15, -0.1) is 11.3 Å². The molecule has 1 aromatic rings. The van der Waals surface area contributed by atoms with E-state index in [4.69, 9.17) is 22.1 Å². The summed E-state index contributed by atoms with van der Waals surface area (Å²) < 4.78 is 6.58. The van der Waals surface area contributed by atoms with Crippen molar-refractivity contribution in [1.82, 2.24) is 0 Å². The summed E-state index contributed by atoms with van der Waals surface area (Å²) in [6.07, 6.45) is 3.67. The van der Waals surface area contributed by atoms with Crippen LogP contribution in [0.15, 0.2) is 12.1 Å². The number of ether oxygens (including phenoxy) is 1. The topological polar surface area (TPSA) is 35.2 Å². The number of rotatable bonds is 3. The van der Waals surface area contributed by atoms with Gasteiger partial charge in [0.05, 0.1) is 16.5 Å². The molecule has 0 radical (unpaired) electrons. The minimum Gasteiger partial charge on any atom is -0.374 e. The van der Waals surface area contributed by atoms with Gasteiger partial charge in [0.1, 0.15) is 0 Å². The van der Waals surface area contributed by atoms with Gasteiger partial charge in [0, 0.05) is 10.9 Å². The van der Waals surface area contributed by atoms with Gasteiger partial charge in [0.15, 0.2) is 0 Å². The van der Waals surface area contributed by atoms with Crippen LogP contribution in [-0.4, -0.2) is 18.2 Å². The fraction of sp³-hybridized carbons (Fsp3) is 0.636. The Kier molecular flexibility index (Phi) is 3.67. The number of thiophene rings is 1. The average molecular weight is 246 g/mol. The highest BCUT2D eigenvalue weighted by molar-refractivity contribution is 7.16. The lowest BCUT2D eigenvalue weighted by Crippen LogP contribution is -2.36. The summed E-state index contributed by atoms with van der Waals surface area (Å²) in [5, 5.41) is 0. The Bertz CT molecular complexity index is 328. The van der Waals surface area contributed by atoms with Gasteiger partial charge in [0.2, 0.25) is 0 Å². The van der Waals surface area contributed by atoms with Crippen molar-refractivity contribution in [3.8, 4) is 0 Å². The highest BCUT2D eigenvalue weighted by atomic mass is 35.5. The Morgan fingerprint density at radius 1 is 1.60 bits per heavy atom. The van der Waals surface area contributed by atoms with Crippen LogP contribution >= 0.6 is 22.9 Å². The third-order valence-corrected chi connectivity index (χ3v) is 4.06. The zero-order valence-corrected chi connectivity index (χ0v) is 10.4. The summed E-state index contributed by atoms with van der Waals surface area (Å²) in [4.78, 5) is 1.25. The van der Waals surface area contributed by atoms with E-state index in [0.29, 0.717) is 6.10 Å². The molecule has 0 aromatic carbocycles. The summed E-state index contributed by atoms with van der Waals surface area (Å²) in [5.74, 6) is 0. The predicted octanol–water partition coefficient (Wildman–Crippen LogP) is 2.84. The first kappa shape index (κ1) is 11.4. The Labute approximate surface area is 99.4 Å². The van der Waals surface area contributed by atoms with Crippen molar-refractivity contribution in [1.29, 1.82) is 0 Å². The maximum atomic E-state index is 6.12. The average Bonchev–Trinajstić information content (AvgIpc) is 2.75. The van der Waals surface area contributed by atoms with Crippen LogP contribution in [0.3, 0.4) is 0 Å². The lowest BCUT2D eigenvalue weighted by Gasteiger charge is -2.18. The van der Waals surface area contributed by atoms with Gasteiger partial charge in [-0.05, 0) is 38.3 Å².